The molecule has 1 aromatic rings. The number of nitrogens with one attached hydrogen (secondary N) is 1. The van der Waals surface area contributed by atoms with Crippen LogP contribution in [-0.2, 0) is 9.59 Å². The number of carbonyl (C=O) groups excluding carboxylic acids is 2. The van der Waals surface area contributed by atoms with Gasteiger partial charge in [-0.15, -0.1) is 23.5 Å². The zero-order chi connectivity index (χ0) is 13.3. The van der Waals surface area contributed by atoms with Crippen LogP contribution in [0.1, 0.15) is 0 Å². The number of halogens is 1. The Balaban J connectivity index is 2.55. The molecule has 1 fully saturated rings. The molecule has 1 aromatic carbocycles. The van der Waals surface area contributed by atoms with Crippen LogP contribution in [0, 0.1) is 0 Å². The van der Waals surface area contributed by atoms with Gasteiger partial charge in [-0.25, -0.2) is 0 Å². The Bertz CT molecular complexity index is 506. The average Bonchev–Trinajstić information content (AvgIpc) is 2.63. The first-order valence-corrected chi connectivity index (χ1v) is 7.90. The second-order valence-corrected chi connectivity index (χ2v) is 6.20. The van der Waals surface area contributed by atoms with Gasteiger partial charge >= 0.3 is 11.8 Å². The van der Waals surface area contributed by atoms with Crippen molar-refractivity contribution in [1.82, 2.24) is 5.32 Å². The summed E-state index contributed by atoms with van der Waals surface area (Å²) in [5.74, 6) is -1.20. The van der Waals surface area contributed by atoms with Crippen LogP contribution in [0.2, 0.25) is 5.02 Å². The van der Waals surface area contributed by atoms with E-state index in [2.05, 4.69) is 5.32 Å². The minimum atomic E-state index is -0.834. The summed E-state index contributed by atoms with van der Waals surface area (Å²) in [5.41, 5.74) is 0.534. The minimum absolute atomic E-state index is 0.440. The fourth-order valence-corrected chi connectivity index (χ4v) is 3.76. The number of hydrogen-bond donors (Lipinski definition) is 1. The first-order chi connectivity index (χ1) is 8.55. The third-order valence-electron chi connectivity index (χ3n) is 2.61. The lowest BCUT2D eigenvalue weighted by Crippen LogP contribution is -2.46. The summed E-state index contributed by atoms with van der Waals surface area (Å²) < 4.78 is -0.834. The molecule has 2 rings (SSSR count). The van der Waals surface area contributed by atoms with Gasteiger partial charge in [0.1, 0.15) is 0 Å². The Kier molecular flexibility index (Phi) is 3.79. The smallest absolute Gasteiger partial charge is 0.307 e. The van der Waals surface area contributed by atoms with E-state index in [1.54, 1.807) is 24.3 Å². The van der Waals surface area contributed by atoms with Gasteiger partial charge in [-0.1, -0.05) is 23.7 Å². The molecule has 0 aromatic heterocycles. The Morgan fingerprint density at radius 3 is 2.39 bits per heavy atom. The molecular weight excluding hydrogens is 292 g/mol. The van der Waals surface area contributed by atoms with Crippen LogP contribution in [0.3, 0.4) is 0 Å². The monoisotopic (exact) mass is 302 g/mol. The van der Waals surface area contributed by atoms with Crippen LogP contribution in [0.25, 0.3) is 0 Å². The van der Waals surface area contributed by atoms with Crippen molar-refractivity contribution >= 4 is 52.6 Å². The second-order valence-electron chi connectivity index (χ2n) is 3.54. The molecule has 18 heavy (non-hydrogen) atoms. The molecule has 0 atom stereocenters. The number of rotatable bonds is 3. The van der Waals surface area contributed by atoms with Crippen molar-refractivity contribution in [2.45, 2.75) is 4.33 Å². The molecule has 1 saturated heterocycles. The second kappa shape index (κ2) is 5.03. The van der Waals surface area contributed by atoms with Gasteiger partial charge in [-0.05, 0) is 24.6 Å². The molecular formula is C11H11ClN2O2S2. The topological polar surface area (TPSA) is 49.4 Å². The van der Waals surface area contributed by atoms with Gasteiger partial charge in [0.05, 0.1) is 10.7 Å². The predicted octanol–water partition coefficient (Wildman–Crippen LogP) is 2.14. The van der Waals surface area contributed by atoms with Crippen LogP contribution in [-0.4, -0.2) is 28.7 Å². The fourth-order valence-electron chi connectivity index (χ4n) is 1.76. The number of anilines is 1. The van der Waals surface area contributed by atoms with Gasteiger partial charge < -0.3 is 5.32 Å². The van der Waals surface area contributed by atoms with Gasteiger partial charge in [0, 0.05) is 0 Å². The van der Waals surface area contributed by atoms with Crippen molar-refractivity contribution in [3.63, 3.8) is 0 Å². The summed E-state index contributed by atoms with van der Waals surface area (Å²) >= 11 is 8.86. The molecule has 0 unspecified atom stereocenters. The lowest BCUT2D eigenvalue weighted by molar-refractivity contribution is -0.134. The van der Waals surface area contributed by atoms with E-state index < -0.39 is 16.1 Å². The maximum absolute atomic E-state index is 12.0. The Hall–Kier alpha value is -0.850. The molecule has 7 heteroatoms. The van der Waals surface area contributed by atoms with Gasteiger partial charge in [-0.2, -0.15) is 0 Å². The molecule has 96 valence electrons. The molecule has 1 heterocycles. The summed E-state index contributed by atoms with van der Waals surface area (Å²) in [6, 6.07) is 6.98. The van der Waals surface area contributed by atoms with E-state index in [-0.39, 0.29) is 0 Å². The summed E-state index contributed by atoms with van der Waals surface area (Å²) in [4.78, 5) is 25.1. The van der Waals surface area contributed by atoms with Gasteiger partial charge in [0.25, 0.3) is 0 Å². The van der Waals surface area contributed by atoms with Gasteiger partial charge in [0.15, 0.2) is 0 Å². The lowest BCUT2D eigenvalue weighted by atomic mass is 10.3. The third kappa shape index (κ3) is 1.98. The SMILES string of the molecule is CSC1(SC)NC(=O)C(=O)N1c1ccccc1Cl. The molecule has 0 bridgehead atoms. The Morgan fingerprint density at radius 1 is 1.22 bits per heavy atom. The normalized spacial score (nSPS) is 18.1. The predicted molar refractivity (Wildman–Crippen MR) is 76.8 cm³/mol. The highest BCUT2D eigenvalue weighted by Crippen LogP contribution is 2.43. The molecule has 1 aliphatic heterocycles. The van der Waals surface area contributed by atoms with E-state index in [0.29, 0.717) is 10.7 Å². The quantitative estimate of drug-likeness (QED) is 0.686. The summed E-state index contributed by atoms with van der Waals surface area (Å²) in [5, 5.41) is 3.14. The highest BCUT2D eigenvalue weighted by atomic mass is 35.5. The number of hydrogen-bond acceptors (Lipinski definition) is 4. The van der Waals surface area contributed by atoms with Crippen LogP contribution in [0.5, 0.6) is 0 Å². The van der Waals surface area contributed by atoms with E-state index in [9.17, 15) is 9.59 Å². The van der Waals surface area contributed by atoms with Gasteiger partial charge in [-0.3, -0.25) is 14.5 Å². The lowest BCUT2D eigenvalue weighted by Gasteiger charge is -2.34. The van der Waals surface area contributed by atoms with Gasteiger partial charge in [0.2, 0.25) is 4.33 Å². The molecule has 0 saturated carbocycles. The Labute approximate surface area is 118 Å². The zero-order valence-electron chi connectivity index (χ0n) is 9.77. The van der Waals surface area contributed by atoms with Crippen LogP contribution < -0.4 is 10.2 Å². The molecule has 4 nitrogen and oxygen atoms in total. The number of para-hydroxylation sites is 1. The largest absolute Gasteiger partial charge is 0.319 e. The van der Waals surface area contributed by atoms with Crippen molar-refractivity contribution in [1.29, 1.82) is 0 Å². The number of nitrogens with zero attached hydrogens (tertiary/aromatic N) is 1. The van der Waals surface area contributed by atoms with Crippen molar-refractivity contribution in [3.05, 3.63) is 29.3 Å². The summed E-state index contributed by atoms with van der Waals surface area (Å²) in [6.45, 7) is 0. The third-order valence-corrected chi connectivity index (χ3v) is 5.61. The number of thioether (sulfide) groups is 2. The van der Waals surface area contributed by atoms with E-state index in [1.807, 2.05) is 12.5 Å². The van der Waals surface area contributed by atoms with Crippen LogP contribution >= 0.6 is 35.1 Å². The molecule has 2 amide bonds. The molecule has 0 spiro atoms. The van der Waals surface area contributed by atoms with E-state index in [1.165, 1.54) is 28.4 Å². The van der Waals surface area contributed by atoms with Crippen molar-refractivity contribution in [2.24, 2.45) is 0 Å². The molecule has 0 radical (unpaired) electrons. The standard InChI is InChI=1S/C11H11ClN2O2S2/c1-17-11(18-2)13-9(15)10(16)14(11)8-6-4-3-5-7(8)12/h3-6H,1-2H3,(H,13,15). The highest BCUT2D eigenvalue weighted by molar-refractivity contribution is 8.17. The van der Waals surface area contributed by atoms with Crippen LogP contribution in [0.15, 0.2) is 24.3 Å². The van der Waals surface area contributed by atoms with E-state index >= 15 is 0 Å². The van der Waals surface area contributed by atoms with Crippen molar-refractivity contribution in [3.8, 4) is 0 Å². The first kappa shape index (κ1) is 13.6. The molecule has 1 aliphatic rings. The van der Waals surface area contributed by atoms with Crippen molar-refractivity contribution < 1.29 is 9.59 Å². The maximum Gasteiger partial charge on any atom is 0.319 e. The number of benzene rings is 1. The summed E-state index contributed by atoms with van der Waals surface area (Å²) in [7, 11) is 0. The molecule has 1 N–H and O–H groups in total. The minimum Gasteiger partial charge on any atom is -0.307 e. The maximum atomic E-state index is 12.0. The first-order valence-electron chi connectivity index (χ1n) is 5.07. The fraction of sp³-hybridized carbons (Fsp3) is 0.273. The van der Waals surface area contributed by atoms with Crippen LogP contribution in [0.4, 0.5) is 5.69 Å². The van der Waals surface area contributed by atoms with E-state index in [4.69, 9.17) is 11.6 Å². The molecule has 0 aliphatic carbocycles. The zero-order valence-corrected chi connectivity index (χ0v) is 12.2. The number of amides is 2. The average molecular weight is 303 g/mol. The number of carbonyl (C=O) groups is 2. The summed E-state index contributed by atoms with van der Waals surface area (Å²) in [6.07, 6.45) is 3.67. The van der Waals surface area contributed by atoms with Crippen molar-refractivity contribution in [2.75, 3.05) is 17.4 Å². The van der Waals surface area contributed by atoms with E-state index in [0.717, 1.165) is 0 Å². The highest BCUT2D eigenvalue weighted by Gasteiger charge is 2.51. The Morgan fingerprint density at radius 2 is 1.83 bits per heavy atom.